The van der Waals surface area contributed by atoms with E-state index in [4.69, 9.17) is 4.43 Å². The van der Waals surface area contributed by atoms with E-state index in [9.17, 15) is 0 Å². The van der Waals surface area contributed by atoms with E-state index in [0.29, 0.717) is 5.92 Å². The number of hydrogen-bond acceptors (Lipinski definition) is 1. The van der Waals surface area contributed by atoms with Gasteiger partial charge in [-0.25, -0.2) is 0 Å². The molecule has 0 saturated heterocycles. The van der Waals surface area contributed by atoms with Crippen LogP contribution in [0.4, 0.5) is 0 Å². The summed E-state index contributed by atoms with van der Waals surface area (Å²) in [5, 5.41) is 0. The standard InChI is InChI=1S/C20H28OSi/c1-17(15-18-11-7-5-8-12-18)16-20(21-22(2,3)4)19-13-9-6-10-14-19/h5-14,17,20H,15-16H2,1-4H3/t17-,20-/m0/s1. The van der Waals surface area contributed by atoms with Crippen LogP contribution in [-0.2, 0) is 10.8 Å². The second kappa shape index (κ2) is 7.75. The maximum Gasteiger partial charge on any atom is 0.184 e. The van der Waals surface area contributed by atoms with Crippen LogP contribution in [0.15, 0.2) is 60.7 Å². The fourth-order valence-corrected chi connectivity index (χ4v) is 3.90. The second-order valence-electron chi connectivity index (χ2n) is 7.16. The van der Waals surface area contributed by atoms with Crippen molar-refractivity contribution in [2.24, 2.45) is 5.92 Å². The zero-order chi connectivity index (χ0) is 16.0. The van der Waals surface area contributed by atoms with Gasteiger partial charge in [-0.1, -0.05) is 67.6 Å². The molecule has 0 unspecified atom stereocenters. The SMILES string of the molecule is C[C@@H](Cc1ccccc1)C[C@H](O[Si](C)(C)C)c1ccccc1. The fraction of sp³-hybridized carbons (Fsp3) is 0.400. The van der Waals surface area contributed by atoms with Gasteiger partial charge in [-0.05, 0) is 49.5 Å². The molecule has 2 aromatic carbocycles. The average molecular weight is 313 g/mol. The molecule has 0 amide bonds. The molecule has 22 heavy (non-hydrogen) atoms. The van der Waals surface area contributed by atoms with E-state index in [1.165, 1.54) is 11.1 Å². The Bertz CT molecular complexity index is 545. The van der Waals surface area contributed by atoms with Gasteiger partial charge in [0.2, 0.25) is 0 Å². The normalized spacial score (nSPS) is 14.5. The van der Waals surface area contributed by atoms with Crippen molar-refractivity contribution in [1.29, 1.82) is 0 Å². The minimum atomic E-state index is -1.56. The van der Waals surface area contributed by atoms with Gasteiger partial charge in [-0.3, -0.25) is 0 Å². The highest BCUT2D eigenvalue weighted by Gasteiger charge is 2.24. The van der Waals surface area contributed by atoms with Crippen molar-refractivity contribution in [3.63, 3.8) is 0 Å². The van der Waals surface area contributed by atoms with Crippen LogP contribution in [0, 0.1) is 5.92 Å². The topological polar surface area (TPSA) is 9.23 Å². The van der Waals surface area contributed by atoms with Gasteiger partial charge in [0.05, 0.1) is 6.10 Å². The first-order valence-corrected chi connectivity index (χ1v) is 11.6. The van der Waals surface area contributed by atoms with Gasteiger partial charge in [-0.2, -0.15) is 0 Å². The zero-order valence-corrected chi connectivity index (χ0v) is 15.3. The summed E-state index contributed by atoms with van der Waals surface area (Å²) in [4.78, 5) is 0. The maximum absolute atomic E-state index is 6.47. The third kappa shape index (κ3) is 5.78. The minimum absolute atomic E-state index is 0.214. The molecule has 2 heteroatoms. The van der Waals surface area contributed by atoms with Gasteiger partial charge in [0.15, 0.2) is 8.32 Å². The fourth-order valence-electron chi connectivity index (χ4n) is 2.81. The molecule has 0 bridgehead atoms. The Morgan fingerprint density at radius 1 is 0.864 bits per heavy atom. The molecule has 0 fully saturated rings. The van der Waals surface area contributed by atoms with Crippen LogP contribution in [0.1, 0.15) is 30.6 Å². The largest absolute Gasteiger partial charge is 0.411 e. The summed E-state index contributed by atoms with van der Waals surface area (Å²) >= 11 is 0. The van der Waals surface area contributed by atoms with Gasteiger partial charge in [0.1, 0.15) is 0 Å². The van der Waals surface area contributed by atoms with Crippen LogP contribution in [0.3, 0.4) is 0 Å². The Labute approximate surface area is 136 Å². The predicted octanol–water partition coefficient (Wildman–Crippen LogP) is 5.85. The molecule has 0 spiro atoms. The van der Waals surface area contributed by atoms with E-state index in [-0.39, 0.29) is 6.10 Å². The summed E-state index contributed by atoms with van der Waals surface area (Å²) in [6.07, 6.45) is 2.40. The van der Waals surface area contributed by atoms with Crippen molar-refractivity contribution in [3.8, 4) is 0 Å². The third-order valence-electron chi connectivity index (χ3n) is 3.71. The molecule has 0 aliphatic heterocycles. The zero-order valence-electron chi connectivity index (χ0n) is 14.3. The first-order valence-electron chi connectivity index (χ1n) is 8.21. The van der Waals surface area contributed by atoms with E-state index in [0.717, 1.165) is 12.8 Å². The summed E-state index contributed by atoms with van der Waals surface area (Å²) in [6, 6.07) is 21.4. The Hall–Kier alpha value is -1.38. The Balaban J connectivity index is 2.06. The Morgan fingerprint density at radius 3 is 1.95 bits per heavy atom. The quantitative estimate of drug-likeness (QED) is 0.583. The lowest BCUT2D eigenvalue weighted by atomic mass is 9.93. The molecule has 0 radical (unpaired) electrons. The smallest absolute Gasteiger partial charge is 0.184 e. The molecule has 2 rings (SSSR count). The average Bonchev–Trinajstić information content (AvgIpc) is 2.47. The van der Waals surface area contributed by atoms with Gasteiger partial charge in [-0.15, -0.1) is 0 Å². The molecule has 118 valence electrons. The van der Waals surface area contributed by atoms with Crippen molar-refractivity contribution in [2.45, 2.75) is 45.5 Å². The first-order chi connectivity index (χ1) is 10.4. The highest BCUT2D eigenvalue weighted by molar-refractivity contribution is 6.69. The predicted molar refractivity (Wildman–Crippen MR) is 97.5 cm³/mol. The molecular weight excluding hydrogens is 284 g/mol. The van der Waals surface area contributed by atoms with Gasteiger partial charge < -0.3 is 4.43 Å². The van der Waals surface area contributed by atoms with Crippen LogP contribution < -0.4 is 0 Å². The first kappa shape index (κ1) is 17.0. The second-order valence-corrected chi connectivity index (χ2v) is 11.6. The van der Waals surface area contributed by atoms with Gasteiger partial charge in [0, 0.05) is 0 Å². The summed E-state index contributed by atoms with van der Waals surface area (Å²) in [6.45, 7) is 9.14. The van der Waals surface area contributed by atoms with E-state index < -0.39 is 8.32 Å². The van der Waals surface area contributed by atoms with E-state index >= 15 is 0 Å². The van der Waals surface area contributed by atoms with E-state index in [1.54, 1.807) is 0 Å². The summed E-state index contributed by atoms with van der Waals surface area (Å²) in [5.74, 6) is 0.601. The highest BCUT2D eigenvalue weighted by Crippen LogP contribution is 2.29. The molecule has 0 aliphatic rings. The lowest BCUT2D eigenvalue weighted by molar-refractivity contribution is 0.166. The molecule has 0 heterocycles. The molecular formula is C20H28OSi. The summed E-state index contributed by atoms with van der Waals surface area (Å²) in [5.41, 5.74) is 2.72. The van der Waals surface area contributed by atoms with Crippen molar-refractivity contribution in [1.82, 2.24) is 0 Å². The molecule has 0 aliphatic carbocycles. The van der Waals surface area contributed by atoms with Gasteiger partial charge in [0.25, 0.3) is 0 Å². The minimum Gasteiger partial charge on any atom is -0.411 e. The number of hydrogen-bond donors (Lipinski definition) is 0. The Kier molecular flexibility index (Phi) is 5.98. The van der Waals surface area contributed by atoms with Crippen LogP contribution in [0.25, 0.3) is 0 Å². The third-order valence-corrected chi connectivity index (χ3v) is 4.70. The maximum atomic E-state index is 6.47. The van der Waals surface area contributed by atoms with E-state index in [1.807, 2.05) is 0 Å². The molecule has 0 N–H and O–H groups in total. The monoisotopic (exact) mass is 312 g/mol. The molecule has 1 nitrogen and oxygen atoms in total. The van der Waals surface area contributed by atoms with Crippen molar-refractivity contribution in [3.05, 3.63) is 71.8 Å². The molecule has 0 saturated carbocycles. The molecule has 2 atom stereocenters. The summed E-state index contributed by atoms with van der Waals surface area (Å²) in [7, 11) is -1.56. The lowest BCUT2D eigenvalue weighted by Crippen LogP contribution is -2.29. The van der Waals surface area contributed by atoms with E-state index in [2.05, 4.69) is 87.2 Å². The summed E-state index contributed by atoms with van der Waals surface area (Å²) < 4.78 is 6.47. The molecule has 2 aromatic rings. The van der Waals surface area contributed by atoms with Crippen molar-refractivity contribution in [2.75, 3.05) is 0 Å². The van der Waals surface area contributed by atoms with Crippen molar-refractivity contribution < 1.29 is 4.43 Å². The number of benzene rings is 2. The van der Waals surface area contributed by atoms with Crippen LogP contribution in [0.5, 0.6) is 0 Å². The van der Waals surface area contributed by atoms with Crippen LogP contribution in [0.2, 0.25) is 19.6 Å². The molecule has 0 aromatic heterocycles. The van der Waals surface area contributed by atoms with Crippen molar-refractivity contribution >= 4 is 8.32 Å². The van der Waals surface area contributed by atoms with Gasteiger partial charge >= 0.3 is 0 Å². The van der Waals surface area contributed by atoms with Crippen LogP contribution in [-0.4, -0.2) is 8.32 Å². The Morgan fingerprint density at radius 2 is 1.41 bits per heavy atom. The highest BCUT2D eigenvalue weighted by atomic mass is 28.4. The lowest BCUT2D eigenvalue weighted by Gasteiger charge is -2.29. The van der Waals surface area contributed by atoms with Crippen LogP contribution >= 0.6 is 0 Å². The number of rotatable bonds is 7.